The Labute approximate surface area is 220 Å². The van der Waals surface area contributed by atoms with Gasteiger partial charge in [0.15, 0.2) is 0 Å². The van der Waals surface area contributed by atoms with Crippen molar-refractivity contribution in [1.82, 2.24) is 20.6 Å². The van der Waals surface area contributed by atoms with Crippen molar-refractivity contribution in [2.45, 2.75) is 102 Å². The molecule has 2 amide bonds. The van der Waals surface area contributed by atoms with Crippen molar-refractivity contribution in [2.24, 2.45) is 11.8 Å². The van der Waals surface area contributed by atoms with Crippen LogP contribution in [0.4, 0.5) is 0 Å². The second kappa shape index (κ2) is 12.0. The van der Waals surface area contributed by atoms with E-state index in [0.29, 0.717) is 38.5 Å². The predicted octanol–water partition coefficient (Wildman–Crippen LogP) is 4.94. The molecule has 37 heavy (non-hydrogen) atoms. The van der Waals surface area contributed by atoms with Crippen LogP contribution in [0.2, 0.25) is 0 Å². The average Bonchev–Trinajstić information content (AvgIpc) is 3.26. The molecule has 1 saturated heterocycles. The number of imidazole rings is 1. The number of likely N-dealkylation sites (N-methyl/N-ethyl adjacent to an activating group) is 1. The molecule has 202 valence electrons. The average molecular weight is 509 g/mol. The first-order valence-corrected chi connectivity index (χ1v) is 14.7. The lowest BCUT2D eigenvalue weighted by atomic mass is 9.72. The fourth-order valence-electron chi connectivity index (χ4n) is 6.58. The number of aromatic nitrogens is 2. The van der Waals surface area contributed by atoms with Crippen molar-refractivity contribution in [3.05, 3.63) is 29.6 Å². The number of H-pyrrole nitrogens is 1. The Morgan fingerprint density at radius 1 is 1.05 bits per heavy atom. The lowest BCUT2D eigenvalue weighted by molar-refractivity contribution is -0.136. The summed E-state index contributed by atoms with van der Waals surface area (Å²) in [5.41, 5.74) is 2.24. The van der Waals surface area contributed by atoms with Crippen molar-refractivity contribution in [3.8, 4) is 0 Å². The van der Waals surface area contributed by atoms with E-state index in [0.717, 1.165) is 48.1 Å². The number of hydrogen-bond donors (Lipinski definition) is 3. The molecule has 1 aromatic carbocycles. The fourth-order valence-corrected chi connectivity index (χ4v) is 6.58. The first kappa shape index (κ1) is 26.2. The largest absolute Gasteiger partial charge is 0.381 e. The number of rotatable bonds is 8. The van der Waals surface area contributed by atoms with E-state index in [2.05, 4.69) is 33.8 Å². The summed E-state index contributed by atoms with van der Waals surface area (Å²) in [4.78, 5) is 35.3. The summed E-state index contributed by atoms with van der Waals surface area (Å²) in [6.07, 6.45) is 14.6. The minimum absolute atomic E-state index is 0.0486. The summed E-state index contributed by atoms with van der Waals surface area (Å²) in [7, 11) is 0. The smallest absolute Gasteiger partial charge is 0.242 e. The lowest BCUT2D eigenvalue weighted by Crippen LogP contribution is -2.58. The number of carbonyl (C=O) groups excluding carboxylic acids is 2. The quantitative estimate of drug-likeness (QED) is 0.471. The second-order valence-corrected chi connectivity index (χ2v) is 11.6. The number of benzene rings is 1. The van der Waals surface area contributed by atoms with Gasteiger partial charge < -0.3 is 20.4 Å². The Morgan fingerprint density at radius 3 is 2.46 bits per heavy atom. The summed E-state index contributed by atoms with van der Waals surface area (Å²) in [5.74, 6) is 1.87. The minimum atomic E-state index is -0.703. The van der Waals surface area contributed by atoms with Crippen LogP contribution in [0.25, 0.3) is 11.0 Å². The maximum Gasteiger partial charge on any atom is 0.242 e. The highest BCUT2D eigenvalue weighted by Gasteiger charge is 2.44. The van der Waals surface area contributed by atoms with Gasteiger partial charge in [-0.3, -0.25) is 9.59 Å². The van der Waals surface area contributed by atoms with Crippen LogP contribution in [-0.2, 0) is 26.2 Å². The number of nitrogens with one attached hydrogen (secondary N) is 3. The zero-order valence-corrected chi connectivity index (χ0v) is 22.4. The first-order valence-electron chi connectivity index (χ1n) is 14.7. The standard InChI is InChI=1S/C30H44N4O3/c1-2-31-28(35)27(22-11-8-12-22)34-29(36)30(15-17-37-18-16-30)23-13-14-24-25(20-23)33-26(32-24)19-21-9-6-4-3-5-7-10-21/h13-14,20-22,27H,2-12,15-19H2,1H3,(H,31,35)(H,32,33)(H,34,36)/t27-/m1/s1. The van der Waals surface area contributed by atoms with Gasteiger partial charge in [-0.2, -0.15) is 0 Å². The van der Waals surface area contributed by atoms with Crippen LogP contribution in [0, 0.1) is 11.8 Å². The van der Waals surface area contributed by atoms with Crippen LogP contribution in [0.15, 0.2) is 18.2 Å². The maximum absolute atomic E-state index is 14.0. The molecule has 0 spiro atoms. The van der Waals surface area contributed by atoms with Crippen LogP contribution in [0.3, 0.4) is 0 Å². The number of amides is 2. The van der Waals surface area contributed by atoms with Crippen LogP contribution in [0.1, 0.15) is 95.4 Å². The van der Waals surface area contributed by atoms with Gasteiger partial charge in [0.25, 0.3) is 0 Å². The molecule has 5 rings (SSSR count). The molecular weight excluding hydrogens is 464 g/mol. The van der Waals surface area contributed by atoms with Crippen LogP contribution >= 0.6 is 0 Å². The minimum Gasteiger partial charge on any atom is -0.381 e. The van der Waals surface area contributed by atoms with Gasteiger partial charge in [-0.15, -0.1) is 0 Å². The number of fused-ring (bicyclic) bond motifs is 1. The summed E-state index contributed by atoms with van der Waals surface area (Å²) in [6, 6.07) is 5.78. The van der Waals surface area contributed by atoms with Crippen molar-refractivity contribution < 1.29 is 14.3 Å². The number of hydrogen-bond acceptors (Lipinski definition) is 4. The third-order valence-corrected chi connectivity index (χ3v) is 9.11. The topological polar surface area (TPSA) is 96.1 Å². The Hall–Kier alpha value is -2.41. The summed E-state index contributed by atoms with van der Waals surface area (Å²) >= 11 is 0. The zero-order chi connectivity index (χ0) is 25.7. The third-order valence-electron chi connectivity index (χ3n) is 9.11. The third kappa shape index (κ3) is 5.87. The van der Waals surface area contributed by atoms with E-state index in [1.807, 2.05) is 6.92 Å². The van der Waals surface area contributed by atoms with Crippen molar-refractivity contribution in [2.75, 3.05) is 19.8 Å². The zero-order valence-electron chi connectivity index (χ0n) is 22.4. The number of nitrogens with zero attached hydrogens (tertiary/aromatic N) is 1. The highest BCUT2D eigenvalue weighted by atomic mass is 16.5. The van der Waals surface area contributed by atoms with Gasteiger partial charge in [0.2, 0.25) is 11.8 Å². The van der Waals surface area contributed by atoms with E-state index in [-0.39, 0.29) is 17.7 Å². The van der Waals surface area contributed by atoms with Gasteiger partial charge >= 0.3 is 0 Å². The van der Waals surface area contributed by atoms with Crippen molar-refractivity contribution >= 4 is 22.8 Å². The molecular formula is C30H44N4O3. The molecule has 1 atom stereocenters. The van der Waals surface area contributed by atoms with Gasteiger partial charge in [-0.1, -0.05) is 57.4 Å². The fraction of sp³-hybridized carbons (Fsp3) is 0.700. The SMILES string of the molecule is CCNC(=O)[C@H](NC(=O)C1(c2ccc3nc(CC4CCCCCCC4)[nH]c3c2)CCOCC1)C1CCC1. The van der Waals surface area contributed by atoms with Crippen LogP contribution < -0.4 is 10.6 Å². The molecule has 1 aliphatic heterocycles. The molecule has 0 bridgehead atoms. The molecule has 2 heterocycles. The summed E-state index contributed by atoms with van der Waals surface area (Å²) < 4.78 is 5.68. The van der Waals surface area contributed by atoms with E-state index in [1.165, 1.54) is 44.9 Å². The molecule has 3 aliphatic rings. The number of carbonyl (C=O) groups is 2. The molecule has 7 heteroatoms. The molecule has 3 N–H and O–H groups in total. The van der Waals surface area contributed by atoms with E-state index in [4.69, 9.17) is 9.72 Å². The maximum atomic E-state index is 14.0. The Morgan fingerprint density at radius 2 is 1.78 bits per heavy atom. The normalized spacial score (nSPS) is 22.0. The first-order chi connectivity index (χ1) is 18.1. The molecule has 7 nitrogen and oxygen atoms in total. The molecule has 2 aromatic rings. The van der Waals surface area contributed by atoms with E-state index >= 15 is 0 Å². The van der Waals surface area contributed by atoms with E-state index in [1.54, 1.807) is 0 Å². The summed E-state index contributed by atoms with van der Waals surface area (Å²) in [5, 5.41) is 6.13. The lowest BCUT2D eigenvalue weighted by Gasteiger charge is -2.40. The highest BCUT2D eigenvalue weighted by Crippen LogP contribution is 2.38. The van der Waals surface area contributed by atoms with Crippen LogP contribution in [0.5, 0.6) is 0 Å². The van der Waals surface area contributed by atoms with Crippen LogP contribution in [-0.4, -0.2) is 47.6 Å². The Balaban J connectivity index is 1.37. The summed E-state index contributed by atoms with van der Waals surface area (Å²) in [6.45, 7) is 3.56. The Kier molecular flexibility index (Phi) is 8.48. The highest BCUT2D eigenvalue weighted by molar-refractivity contribution is 5.94. The molecule has 3 fully saturated rings. The number of ether oxygens (including phenoxy) is 1. The molecule has 2 saturated carbocycles. The molecule has 0 unspecified atom stereocenters. The van der Waals surface area contributed by atoms with E-state index in [9.17, 15) is 9.59 Å². The monoisotopic (exact) mass is 508 g/mol. The molecule has 0 radical (unpaired) electrons. The number of aromatic amines is 1. The van der Waals surface area contributed by atoms with Gasteiger partial charge in [-0.05, 0) is 62.1 Å². The second-order valence-electron chi connectivity index (χ2n) is 11.6. The van der Waals surface area contributed by atoms with Gasteiger partial charge in [0.05, 0.1) is 16.4 Å². The molecule has 2 aliphatic carbocycles. The van der Waals surface area contributed by atoms with Crippen molar-refractivity contribution in [1.29, 1.82) is 0 Å². The van der Waals surface area contributed by atoms with Crippen molar-refractivity contribution in [3.63, 3.8) is 0 Å². The van der Waals surface area contributed by atoms with Gasteiger partial charge in [0.1, 0.15) is 11.9 Å². The predicted molar refractivity (Wildman–Crippen MR) is 145 cm³/mol. The van der Waals surface area contributed by atoms with Gasteiger partial charge in [-0.25, -0.2) is 4.98 Å². The van der Waals surface area contributed by atoms with E-state index < -0.39 is 11.5 Å². The Bertz CT molecular complexity index is 1060. The molecule has 1 aromatic heterocycles. The van der Waals surface area contributed by atoms with Gasteiger partial charge in [0, 0.05) is 26.2 Å².